The summed E-state index contributed by atoms with van der Waals surface area (Å²) in [5.41, 5.74) is 1.51. The molecule has 1 heterocycles. The number of ether oxygens (including phenoxy) is 1. The third-order valence-corrected chi connectivity index (χ3v) is 5.17. The molecule has 0 aromatic heterocycles. The standard InChI is InChI=1S/C25H21N3O6/c1-4-34-25(33)15-6-5-7-19(10-15)28-23(31)20-11-17(26-13(2)29)8-16-9-18(27-14(3)30)12-21(22(16)20)24(28)32/h5-12H,4H2,1-3H3,(H,26,29)(H,27,30). The molecule has 172 valence electrons. The number of carbonyl (C=O) groups is 5. The van der Waals surface area contributed by atoms with Crippen molar-refractivity contribution in [3.8, 4) is 0 Å². The number of anilines is 3. The molecule has 0 spiro atoms. The fraction of sp³-hybridized carbons (Fsp3) is 0.160. The predicted molar refractivity (Wildman–Crippen MR) is 126 cm³/mol. The summed E-state index contributed by atoms with van der Waals surface area (Å²) in [6.07, 6.45) is 0. The zero-order valence-electron chi connectivity index (χ0n) is 18.7. The molecular formula is C25H21N3O6. The Morgan fingerprint density at radius 2 is 1.41 bits per heavy atom. The molecule has 9 heteroatoms. The van der Waals surface area contributed by atoms with E-state index in [-0.39, 0.29) is 40.8 Å². The van der Waals surface area contributed by atoms with E-state index in [9.17, 15) is 24.0 Å². The van der Waals surface area contributed by atoms with Crippen LogP contribution in [-0.2, 0) is 14.3 Å². The van der Waals surface area contributed by atoms with Crippen molar-refractivity contribution in [2.45, 2.75) is 20.8 Å². The Labute approximate surface area is 194 Å². The van der Waals surface area contributed by atoms with E-state index in [2.05, 4.69) is 10.6 Å². The number of imide groups is 1. The zero-order chi connectivity index (χ0) is 24.6. The smallest absolute Gasteiger partial charge is 0.338 e. The van der Waals surface area contributed by atoms with Crippen LogP contribution in [0.4, 0.5) is 17.1 Å². The number of esters is 1. The normalized spacial score (nSPS) is 12.5. The molecule has 3 aromatic rings. The second-order valence-electron chi connectivity index (χ2n) is 7.72. The highest BCUT2D eigenvalue weighted by molar-refractivity contribution is 6.36. The van der Waals surface area contributed by atoms with Gasteiger partial charge in [-0.3, -0.25) is 19.2 Å². The average Bonchev–Trinajstić information content (AvgIpc) is 2.76. The molecule has 0 radical (unpaired) electrons. The molecule has 0 saturated carbocycles. The van der Waals surface area contributed by atoms with Gasteiger partial charge in [-0.2, -0.15) is 0 Å². The number of nitrogens with zero attached hydrogens (tertiary/aromatic N) is 1. The lowest BCUT2D eigenvalue weighted by atomic mass is 9.92. The number of benzene rings is 3. The van der Waals surface area contributed by atoms with Crippen molar-refractivity contribution >= 4 is 57.4 Å². The molecule has 0 bridgehead atoms. The van der Waals surface area contributed by atoms with Gasteiger partial charge in [0.15, 0.2) is 0 Å². The van der Waals surface area contributed by atoms with Crippen LogP contribution in [0.3, 0.4) is 0 Å². The molecular weight excluding hydrogens is 438 g/mol. The summed E-state index contributed by atoms with van der Waals surface area (Å²) in [4.78, 5) is 63.5. The fourth-order valence-corrected chi connectivity index (χ4v) is 3.96. The van der Waals surface area contributed by atoms with E-state index in [0.29, 0.717) is 22.1 Å². The lowest BCUT2D eigenvalue weighted by Crippen LogP contribution is -2.40. The van der Waals surface area contributed by atoms with Crippen molar-refractivity contribution in [3.05, 3.63) is 65.2 Å². The van der Waals surface area contributed by atoms with Crippen molar-refractivity contribution < 1.29 is 28.7 Å². The van der Waals surface area contributed by atoms with E-state index < -0.39 is 17.8 Å². The van der Waals surface area contributed by atoms with Gasteiger partial charge in [-0.15, -0.1) is 0 Å². The van der Waals surface area contributed by atoms with Crippen LogP contribution in [0.1, 0.15) is 51.8 Å². The van der Waals surface area contributed by atoms with Crippen LogP contribution in [-0.4, -0.2) is 36.2 Å². The van der Waals surface area contributed by atoms with Crippen LogP contribution in [0.2, 0.25) is 0 Å². The number of amides is 4. The molecule has 9 nitrogen and oxygen atoms in total. The van der Waals surface area contributed by atoms with Gasteiger partial charge in [-0.25, -0.2) is 9.69 Å². The lowest BCUT2D eigenvalue weighted by molar-refractivity contribution is -0.115. The molecule has 4 rings (SSSR count). The Bertz CT molecular complexity index is 1320. The fourth-order valence-electron chi connectivity index (χ4n) is 3.96. The van der Waals surface area contributed by atoms with Crippen molar-refractivity contribution in [3.63, 3.8) is 0 Å². The molecule has 34 heavy (non-hydrogen) atoms. The van der Waals surface area contributed by atoms with Crippen molar-refractivity contribution in [2.75, 3.05) is 22.1 Å². The minimum Gasteiger partial charge on any atom is -0.462 e. The maximum Gasteiger partial charge on any atom is 0.338 e. The minimum absolute atomic E-state index is 0.178. The summed E-state index contributed by atoms with van der Waals surface area (Å²) in [5, 5.41) is 6.23. The Kier molecular flexibility index (Phi) is 5.85. The van der Waals surface area contributed by atoms with Gasteiger partial charge in [0.2, 0.25) is 11.8 Å². The molecule has 0 unspecified atom stereocenters. The number of nitrogens with one attached hydrogen (secondary N) is 2. The topological polar surface area (TPSA) is 122 Å². The van der Waals surface area contributed by atoms with Crippen LogP contribution >= 0.6 is 0 Å². The monoisotopic (exact) mass is 459 g/mol. The van der Waals surface area contributed by atoms with Crippen molar-refractivity contribution in [1.29, 1.82) is 0 Å². The number of carbonyl (C=O) groups excluding carboxylic acids is 5. The Hall–Kier alpha value is -4.53. The highest BCUT2D eigenvalue weighted by Gasteiger charge is 2.35. The van der Waals surface area contributed by atoms with E-state index in [0.717, 1.165) is 4.90 Å². The highest BCUT2D eigenvalue weighted by atomic mass is 16.5. The van der Waals surface area contributed by atoms with E-state index >= 15 is 0 Å². The van der Waals surface area contributed by atoms with Crippen molar-refractivity contribution in [2.24, 2.45) is 0 Å². The molecule has 0 fully saturated rings. The first kappa shape index (κ1) is 22.7. The molecule has 1 aliphatic rings. The maximum atomic E-state index is 13.5. The van der Waals surface area contributed by atoms with Gasteiger partial charge >= 0.3 is 5.97 Å². The number of hydrogen-bond acceptors (Lipinski definition) is 6. The first-order valence-corrected chi connectivity index (χ1v) is 10.5. The number of rotatable bonds is 5. The van der Waals surface area contributed by atoms with Gasteiger partial charge in [0.1, 0.15) is 0 Å². The second-order valence-corrected chi connectivity index (χ2v) is 7.72. The molecule has 1 aliphatic heterocycles. The highest BCUT2D eigenvalue weighted by Crippen LogP contribution is 2.37. The molecule has 0 saturated heterocycles. The average molecular weight is 459 g/mol. The second kappa shape index (κ2) is 8.78. The minimum atomic E-state index is -0.608. The molecule has 2 N–H and O–H groups in total. The van der Waals surface area contributed by atoms with Crippen molar-refractivity contribution in [1.82, 2.24) is 0 Å². The predicted octanol–water partition coefficient (Wildman–Crippen LogP) is 3.73. The Balaban J connectivity index is 1.92. The van der Waals surface area contributed by atoms with Gasteiger partial charge in [0.25, 0.3) is 11.8 Å². The van der Waals surface area contributed by atoms with Gasteiger partial charge in [-0.05, 0) is 54.8 Å². The summed E-state index contributed by atoms with van der Waals surface area (Å²) in [6.45, 7) is 4.54. The Morgan fingerprint density at radius 1 is 0.853 bits per heavy atom. The quantitative estimate of drug-likeness (QED) is 0.443. The summed E-state index contributed by atoms with van der Waals surface area (Å²) in [7, 11) is 0. The van der Waals surface area contributed by atoms with Crippen LogP contribution < -0.4 is 15.5 Å². The van der Waals surface area contributed by atoms with Gasteiger partial charge in [0, 0.05) is 30.6 Å². The van der Waals surface area contributed by atoms with Crippen LogP contribution in [0.25, 0.3) is 10.8 Å². The van der Waals surface area contributed by atoms with Crippen LogP contribution in [0.5, 0.6) is 0 Å². The summed E-state index contributed by atoms with van der Waals surface area (Å²) < 4.78 is 5.02. The van der Waals surface area contributed by atoms with Gasteiger partial charge in [-0.1, -0.05) is 6.07 Å². The molecule has 0 aliphatic carbocycles. The summed E-state index contributed by atoms with van der Waals surface area (Å²) >= 11 is 0. The summed E-state index contributed by atoms with van der Waals surface area (Å²) in [6, 6.07) is 12.3. The van der Waals surface area contributed by atoms with Crippen LogP contribution in [0, 0.1) is 0 Å². The SMILES string of the molecule is CCOC(=O)c1cccc(N2C(=O)c3cc(NC(C)=O)cc4cc(NC(C)=O)cc(c34)C2=O)c1. The first-order chi connectivity index (χ1) is 16.2. The van der Waals surface area contributed by atoms with E-state index in [1.807, 2.05) is 0 Å². The summed E-state index contributed by atoms with van der Waals surface area (Å²) in [5.74, 6) is -2.46. The molecule has 3 aromatic carbocycles. The number of hydrogen-bond donors (Lipinski definition) is 2. The maximum absolute atomic E-state index is 13.5. The van der Waals surface area contributed by atoms with Gasteiger partial charge in [0.05, 0.1) is 29.0 Å². The lowest BCUT2D eigenvalue weighted by Gasteiger charge is -2.28. The molecule has 0 atom stereocenters. The molecule has 4 amide bonds. The van der Waals surface area contributed by atoms with E-state index in [4.69, 9.17) is 4.74 Å². The first-order valence-electron chi connectivity index (χ1n) is 10.5. The third kappa shape index (κ3) is 4.11. The van der Waals surface area contributed by atoms with E-state index in [1.54, 1.807) is 25.1 Å². The zero-order valence-corrected chi connectivity index (χ0v) is 18.7. The largest absolute Gasteiger partial charge is 0.462 e. The Morgan fingerprint density at radius 3 is 1.91 bits per heavy atom. The van der Waals surface area contributed by atoms with E-state index in [1.165, 1.54) is 44.2 Å². The van der Waals surface area contributed by atoms with Gasteiger partial charge < -0.3 is 15.4 Å². The van der Waals surface area contributed by atoms with Crippen LogP contribution in [0.15, 0.2) is 48.5 Å². The third-order valence-electron chi connectivity index (χ3n) is 5.17.